The maximum atomic E-state index is 12.0. The van der Waals surface area contributed by atoms with Crippen LogP contribution in [-0.4, -0.2) is 32.9 Å². The molecule has 1 aliphatic carbocycles. The fourth-order valence-electron chi connectivity index (χ4n) is 2.80. The van der Waals surface area contributed by atoms with Gasteiger partial charge in [0.1, 0.15) is 6.54 Å². The van der Waals surface area contributed by atoms with Gasteiger partial charge in [0, 0.05) is 6.54 Å². The lowest BCUT2D eigenvalue weighted by Crippen LogP contribution is -2.46. The Morgan fingerprint density at radius 2 is 2.10 bits per heavy atom. The molecule has 21 heavy (non-hydrogen) atoms. The monoisotopic (exact) mass is 294 g/mol. The number of aliphatic hydroxyl groups is 1. The number of hydrogen-bond donors (Lipinski definition) is 3. The Kier molecular flexibility index (Phi) is 4.56. The molecule has 118 valence electrons. The number of hydrogen-bond acceptors (Lipinski definition) is 4. The Bertz CT molecular complexity index is 516. The van der Waals surface area contributed by atoms with Crippen LogP contribution < -0.4 is 11.1 Å². The van der Waals surface area contributed by atoms with Crippen molar-refractivity contribution in [2.24, 2.45) is 5.92 Å². The minimum Gasteiger partial charge on any atom is -0.396 e. The highest BCUT2D eigenvalue weighted by molar-refractivity contribution is 5.76. The van der Waals surface area contributed by atoms with Gasteiger partial charge in [-0.05, 0) is 45.4 Å². The van der Waals surface area contributed by atoms with E-state index in [1.54, 1.807) is 4.68 Å². The minimum atomic E-state index is -0.754. The van der Waals surface area contributed by atoms with E-state index in [4.69, 9.17) is 5.73 Å². The van der Waals surface area contributed by atoms with Crippen molar-refractivity contribution in [1.82, 2.24) is 15.1 Å². The van der Waals surface area contributed by atoms with E-state index in [0.717, 1.165) is 37.1 Å². The number of aromatic nitrogens is 2. The van der Waals surface area contributed by atoms with E-state index in [1.807, 2.05) is 13.8 Å². The summed E-state index contributed by atoms with van der Waals surface area (Å²) < 4.78 is 1.60. The van der Waals surface area contributed by atoms with Gasteiger partial charge in [-0.2, -0.15) is 5.10 Å². The molecular formula is C15H26N4O2. The largest absolute Gasteiger partial charge is 0.396 e. The Hall–Kier alpha value is -1.56. The van der Waals surface area contributed by atoms with Gasteiger partial charge in [-0.1, -0.05) is 6.92 Å². The van der Waals surface area contributed by atoms with Crippen molar-refractivity contribution in [3.63, 3.8) is 0 Å². The van der Waals surface area contributed by atoms with Gasteiger partial charge in [0.15, 0.2) is 0 Å². The van der Waals surface area contributed by atoms with Gasteiger partial charge >= 0.3 is 0 Å². The van der Waals surface area contributed by atoms with Gasteiger partial charge < -0.3 is 16.2 Å². The number of aryl methyl sites for hydroxylation is 1. The van der Waals surface area contributed by atoms with Gasteiger partial charge in [-0.25, -0.2) is 0 Å². The third kappa shape index (κ3) is 3.75. The number of nitrogens with one attached hydrogen (secondary N) is 1. The molecule has 1 saturated carbocycles. The number of carbonyl (C=O) groups excluding carboxylic acids is 1. The van der Waals surface area contributed by atoms with E-state index in [2.05, 4.69) is 17.3 Å². The number of nitrogen functional groups attached to an aromatic ring is 1. The van der Waals surface area contributed by atoms with Crippen LogP contribution in [0.2, 0.25) is 0 Å². The first kappa shape index (κ1) is 15.8. The second-order valence-electron chi connectivity index (χ2n) is 6.43. The number of carbonyl (C=O) groups is 1. The third-order valence-electron chi connectivity index (χ3n) is 4.55. The molecule has 2 rings (SSSR count). The highest BCUT2D eigenvalue weighted by Gasteiger charge is 2.32. The van der Waals surface area contributed by atoms with Gasteiger partial charge in [0.05, 0.1) is 22.7 Å². The average molecular weight is 294 g/mol. The molecule has 1 fully saturated rings. The molecule has 1 aliphatic rings. The summed E-state index contributed by atoms with van der Waals surface area (Å²) in [5, 5.41) is 17.5. The molecule has 6 heteroatoms. The normalized spacial score (nSPS) is 25.8. The molecule has 0 unspecified atom stereocenters. The van der Waals surface area contributed by atoms with Crippen LogP contribution in [-0.2, 0) is 11.3 Å². The van der Waals surface area contributed by atoms with E-state index < -0.39 is 5.60 Å². The Balaban J connectivity index is 1.86. The number of rotatable bonds is 4. The van der Waals surface area contributed by atoms with Crippen molar-refractivity contribution in [2.45, 2.75) is 58.6 Å². The third-order valence-corrected chi connectivity index (χ3v) is 4.55. The zero-order valence-corrected chi connectivity index (χ0v) is 13.1. The molecule has 4 N–H and O–H groups in total. The molecule has 0 spiro atoms. The molecule has 0 bridgehead atoms. The lowest BCUT2D eigenvalue weighted by molar-refractivity contribution is -0.123. The Morgan fingerprint density at radius 3 is 2.62 bits per heavy atom. The molecule has 0 radical (unpaired) electrons. The predicted molar refractivity (Wildman–Crippen MR) is 81.7 cm³/mol. The van der Waals surface area contributed by atoms with Crippen molar-refractivity contribution in [3.8, 4) is 0 Å². The lowest BCUT2D eigenvalue weighted by Gasteiger charge is -2.34. The SMILES string of the molecule is Cc1nn(CC(=O)NCC2(O)CCC(C)CC2)c(C)c1N. The first-order valence-electron chi connectivity index (χ1n) is 7.59. The fourth-order valence-corrected chi connectivity index (χ4v) is 2.80. The van der Waals surface area contributed by atoms with Crippen LogP contribution in [0.3, 0.4) is 0 Å². The molecule has 0 saturated heterocycles. The molecule has 1 aromatic heterocycles. The topological polar surface area (TPSA) is 93.2 Å². The summed E-state index contributed by atoms with van der Waals surface area (Å²) >= 11 is 0. The number of nitrogens with two attached hydrogens (primary N) is 1. The van der Waals surface area contributed by atoms with Gasteiger partial charge in [-0.15, -0.1) is 0 Å². The summed E-state index contributed by atoms with van der Waals surface area (Å²) in [7, 11) is 0. The number of amides is 1. The van der Waals surface area contributed by atoms with Crippen molar-refractivity contribution < 1.29 is 9.90 Å². The zero-order valence-electron chi connectivity index (χ0n) is 13.1. The maximum Gasteiger partial charge on any atom is 0.241 e. The van der Waals surface area contributed by atoms with Crippen LogP contribution >= 0.6 is 0 Å². The quantitative estimate of drug-likeness (QED) is 0.776. The average Bonchev–Trinajstić information content (AvgIpc) is 2.68. The van der Waals surface area contributed by atoms with Crippen LogP contribution in [0, 0.1) is 19.8 Å². The molecule has 0 atom stereocenters. The summed E-state index contributed by atoms with van der Waals surface area (Å²) in [5.74, 6) is 0.520. The maximum absolute atomic E-state index is 12.0. The van der Waals surface area contributed by atoms with Crippen LogP contribution in [0.1, 0.15) is 44.0 Å². The number of nitrogens with zero attached hydrogens (tertiary/aromatic N) is 2. The summed E-state index contributed by atoms with van der Waals surface area (Å²) in [6, 6.07) is 0. The van der Waals surface area contributed by atoms with Crippen molar-refractivity contribution in [2.75, 3.05) is 12.3 Å². The summed E-state index contributed by atoms with van der Waals surface area (Å²) in [5.41, 5.74) is 7.26. The fraction of sp³-hybridized carbons (Fsp3) is 0.733. The highest BCUT2D eigenvalue weighted by atomic mass is 16.3. The summed E-state index contributed by atoms with van der Waals surface area (Å²) in [4.78, 5) is 12.0. The number of anilines is 1. The zero-order chi connectivity index (χ0) is 15.6. The second-order valence-corrected chi connectivity index (χ2v) is 6.43. The van der Waals surface area contributed by atoms with E-state index in [0.29, 0.717) is 18.2 Å². The smallest absolute Gasteiger partial charge is 0.241 e. The van der Waals surface area contributed by atoms with Crippen molar-refractivity contribution in [1.29, 1.82) is 0 Å². The van der Waals surface area contributed by atoms with Crippen molar-refractivity contribution >= 4 is 11.6 Å². The molecule has 0 aromatic carbocycles. The molecule has 0 aliphatic heterocycles. The van der Waals surface area contributed by atoms with E-state index >= 15 is 0 Å². The first-order chi connectivity index (χ1) is 9.81. The molecule has 1 aromatic rings. The summed E-state index contributed by atoms with van der Waals surface area (Å²) in [6.07, 6.45) is 3.53. The first-order valence-corrected chi connectivity index (χ1v) is 7.59. The predicted octanol–water partition coefficient (Wildman–Crippen LogP) is 1.14. The molecule has 1 amide bonds. The van der Waals surface area contributed by atoms with Gasteiger partial charge in [-0.3, -0.25) is 9.48 Å². The van der Waals surface area contributed by atoms with E-state index in [1.165, 1.54) is 0 Å². The van der Waals surface area contributed by atoms with Crippen LogP contribution in [0.25, 0.3) is 0 Å². The highest BCUT2D eigenvalue weighted by Crippen LogP contribution is 2.31. The van der Waals surface area contributed by atoms with E-state index in [9.17, 15) is 9.90 Å². The van der Waals surface area contributed by atoms with Crippen molar-refractivity contribution in [3.05, 3.63) is 11.4 Å². The van der Waals surface area contributed by atoms with Crippen LogP contribution in [0.15, 0.2) is 0 Å². The standard InChI is InChI=1S/C15H26N4O2/c1-10-4-6-15(21,7-5-10)9-17-13(20)8-19-12(3)14(16)11(2)18-19/h10,21H,4-9,16H2,1-3H3,(H,17,20). The minimum absolute atomic E-state index is 0.135. The molecule has 6 nitrogen and oxygen atoms in total. The van der Waals surface area contributed by atoms with Gasteiger partial charge in [0.25, 0.3) is 0 Å². The van der Waals surface area contributed by atoms with Gasteiger partial charge in [0.2, 0.25) is 5.91 Å². The molecule has 1 heterocycles. The molecular weight excluding hydrogens is 268 g/mol. The summed E-state index contributed by atoms with van der Waals surface area (Å²) in [6.45, 7) is 6.32. The Labute approximate surface area is 125 Å². The second kappa shape index (κ2) is 6.05. The van der Waals surface area contributed by atoms with Crippen LogP contribution in [0.5, 0.6) is 0 Å². The van der Waals surface area contributed by atoms with Crippen LogP contribution in [0.4, 0.5) is 5.69 Å². The van der Waals surface area contributed by atoms with E-state index in [-0.39, 0.29) is 12.5 Å². The Morgan fingerprint density at radius 1 is 1.48 bits per heavy atom. The lowest BCUT2D eigenvalue weighted by atomic mass is 9.79.